The van der Waals surface area contributed by atoms with Gasteiger partial charge in [-0.05, 0) is 54.3 Å². The summed E-state index contributed by atoms with van der Waals surface area (Å²) < 4.78 is 0. The second-order valence-corrected chi connectivity index (χ2v) is 7.42. The molecule has 2 aromatic heterocycles. The third kappa shape index (κ3) is 4.95. The van der Waals surface area contributed by atoms with Crippen molar-refractivity contribution >= 4 is 34.4 Å². The number of unbranched alkanes of at least 4 members (excludes halogenated alkanes) is 2. The highest BCUT2D eigenvalue weighted by Gasteiger charge is 2.14. The minimum atomic E-state index is 0.389. The van der Waals surface area contributed by atoms with Crippen LogP contribution in [-0.4, -0.2) is 18.6 Å². The van der Waals surface area contributed by atoms with Gasteiger partial charge in [-0.3, -0.25) is 0 Å². The standard InChI is InChI=1S/C15H21NS3/c1-17-10-4-2-3-9-16-15(13-7-5-11-18-13)14-8-6-12-19-14/h5-8,11-12,15-16H,2-4,9-10H2,1H3. The van der Waals surface area contributed by atoms with Crippen molar-refractivity contribution in [3.05, 3.63) is 44.8 Å². The summed E-state index contributed by atoms with van der Waals surface area (Å²) in [4.78, 5) is 2.85. The molecule has 0 radical (unpaired) electrons. The van der Waals surface area contributed by atoms with E-state index in [1.807, 2.05) is 34.4 Å². The molecule has 2 heterocycles. The van der Waals surface area contributed by atoms with Gasteiger partial charge in [-0.2, -0.15) is 11.8 Å². The molecule has 0 aliphatic rings. The van der Waals surface area contributed by atoms with Crippen molar-refractivity contribution in [1.82, 2.24) is 5.32 Å². The molecule has 0 unspecified atom stereocenters. The number of thioether (sulfide) groups is 1. The van der Waals surface area contributed by atoms with Gasteiger partial charge in [0.2, 0.25) is 0 Å². The van der Waals surface area contributed by atoms with Gasteiger partial charge in [-0.1, -0.05) is 18.6 Å². The van der Waals surface area contributed by atoms with Crippen LogP contribution in [0.2, 0.25) is 0 Å². The molecular formula is C15H21NS3. The molecule has 0 aromatic carbocycles. The van der Waals surface area contributed by atoms with Crippen LogP contribution in [0.4, 0.5) is 0 Å². The molecule has 0 aliphatic heterocycles. The minimum absolute atomic E-state index is 0.389. The van der Waals surface area contributed by atoms with Crippen molar-refractivity contribution in [2.45, 2.75) is 25.3 Å². The molecule has 1 nitrogen and oxygen atoms in total. The Labute approximate surface area is 128 Å². The maximum absolute atomic E-state index is 3.72. The molecule has 0 atom stereocenters. The van der Waals surface area contributed by atoms with E-state index in [1.165, 1.54) is 34.8 Å². The zero-order valence-electron chi connectivity index (χ0n) is 11.3. The van der Waals surface area contributed by atoms with Crippen LogP contribution in [0.1, 0.15) is 35.1 Å². The molecule has 0 saturated heterocycles. The summed E-state index contributed by atoms with van der Waals surface area (Å²) in [6.45, 7) is 1.11. The van der Waals surface area contributed by atoms with Gasteiger partial charge in [0.05, 0.1) is 6.04 Å². The second kappa shape index (κ2) is 8.80. The summed E-state index contributed by atoms with van der Waals surface area (Å²) in [6.07, 6.45) is 6.12. The highest BCUT2D eigenvalue weighted by Crippen LogP contribution is 2.29. The van der Waals surface area contributed by atoms with Gasteiger partial charge >= 0.3 is 0 Å². The van der Waals surface area contributed by atoms with Crippen molar-refractivity contribution in [2.24, 2.45) is 0 Å². The number of hydrogen-bond donors (Lipinski definition) is 1. The Morgan fingerprint density at radius 2 is 1.74 bits per heavy atom. The monoisotopic (exact) mass is 311 g/mol. The first-order chi connectivity index (χ1) is 9.42. The summed E-state index contributed by atoms with van der Waals surface area (Å²) >= 11 is 5.63. The Balaban J connectivity index is 1.82. The van der Waals surface area contributed by atoms with Crippen LogP contribution in [-0.2, 0) is 0 Å². The van der Waals surface area contributed by atoms with Crippen LogP contribution in [0.3, 0.4) is 0 Å². The molecule has 0 spiro atoms. The minimum Gasteiger partial charge on any atom is -0.305 e. The normalized spacial score (nSPS) is 11.3. The molecule has 0 bridgehead atoms. The van der Waals surface area contributed by atoms with Crippen LogP contribution in [0, 0.1) is 0 Å². The first-order valence-corrected chi connectivity index (χ1v) is 9.86. The van der Waals surface area contributed by atoms with Gasteiger partial charge in [0.15, 0.2) is 0 Å². The smallest absolute Gasteiger partial charge is 0.0764 e. The molecule has 19 heavy (non-hydrogen) atoms. The summed E-state index contributed by atoms with van der Waals surface area (Å²) in [6, 6.07) is 9.13. The predicted molar refractivity (Wildman–Crippen MR) is 90.7 cm³/mol. The topological polar surface area (TPSA) is 12.0 Å². The van der Waals surface area contributed by atoms with Crippen LogP contribution in [0.25, 0.3) is 0 Å². The molecule has 0 saturated carbocycles. The average Bonchev–Trinajstić information content (AvgIpc) is 3.11. The first-order valence-electron chi connectivity index (χ1n) is 6.71. The fourth-order valence-corrected chi connectivity index (χ4v) is 4.25. The Bertz CT molecular complexity index is 388. The molecule has 1 N–H and O–H groups in total. The van der Waals surface area contributed by atoms with Gasteiger partial charge in [-0.25, -0.2) is 0 Å². The van der Waals surface area contributed by atoms with Crippen molar-refractivity contribution in [1.29, 1.82) is 0 Å². The third-order valence-corrected chi connectivity index (χ3v) is 5.60. The van der Waals surface area contributed by atoms with E-state index in [0.29, 0.717) is 6.04 Å². The van der Waals surface area contributed by atoms with E-state index in [1.54, 1.807) is 0 Å². The summed E-state index contributed by atoms with van der Waals surface area (Å²) in [5.41, 5.74) is 0. The molecule has 4 heteroatoms. The number of nitrogens with one attached hydrogen (secondary N) is 1. The number of rotatable bonds is 9. The van der Waals surface area contributed by atoms with Crippen LogP contribution in [0.5, 0.6) is 0 Å². The molecule has 2 rings (SSSR count). The maximum Gasteiger partial charge on any atom is 0.0764 e. The van der Waals surface area contributed by atoms with E-state index in [2.05, 4.69) is 46.6 Å². The van der Waals surface area contributed by atoms with E-state index in [-0.39, 0.29) is 0 Å². The zero-order valence-corrected chi connectivity index (χ0v) is 13.8. The van der Waals surface area contributed by atoms with Gasteiger partial charge in [0.1, 0.15) is 0 Å². The third-order valence-electron chi connectivity index (χ3n) is 3.03. The lowest BCUT2D eigenvalue weighted by Gasteiger charge is -2.16. The molecule has 104 valence electrons. The molecule has 0 fully saturated rings. The van der Waals surface area contributed by atoms with Crippen molar-refractivity contribution in [2.75, 3.05) is 18.6 Å². The Kier molecular flexibility index (Phi) is 6.99. The van der Waals surface area contributed by atoms with E-state index < -0.39 is 0 Å². The lowest BCUT2D eigenvalue weighted by atomic mass is 10.2. The van der Waals surface area contributed by atoms with Gasteiger partial charge in [0, 0.05) is 9.75 Å². The predicted octanol–water partition coefficient (Wildman–Crippen LogP) is 5.02. The lowest BCUT2D eigenvalue weighted by Crippen LogP contribution is -2.22. The van der Waals surface area contributed by atoms with Gasteiger partial charge < -0.3 is 5.32 Å². The fourth-order valence-electron chi connectivity index (χ4n) is 2.05. The maximum atomic E-state index is 3.72. The van der Waals surface area contributed by atoms with E-state index in [4.69, 9.17) is 0 Å². The molecule has 0 amide bonds. The highest BCUT2D eigenvalue weighted by atomic mass is 32.2. The lowest BCUT2D eigenvalue weighted by molar-refractivity contribution is 0.577. The molecular weight excluding hydrogens is 290 g/mol. The largest absolute Gasteiger partial charge is 0.305 e. The van der Waals surface area contributed by atoms with Gasteiger partial charge in [-0.15, -0.1) is 22.7 Å². The highest BCUT2D eigenvalue weighted by molar-refractivity contribution is 7.98. The van der Waals surface area contributed by atoms with Crippen molar-refractivity contribution in [3.8, 4) is 0 Å². The summed E-state index contributed by atoms with van der Waals surface area (Å²) in [5.74, 6) is 1.29. The Morgan fingerprint density at radius 3 is 2.26 bits per heavy atom. The average molecular weight is 312 g/mol. The summed E-state index contributed by atoms with van der Waals surface area (Å²) in [7, 11) is 0. The second-order valence-electron chi connectivity index (χ2n) is 4.47. The first kappa shape index (κ1) is 15.1. The van der Waals surface area contributed by atoms with E-state index in [9.17, 15) is 0 Å². The van der Waals surface area contributed by atoms with Crippen molar-refractivity contribution in [3.63, 3.8) is 0 Å². The Hall–Kier alpha value is -0.290. The number of hydrogen-bond acceptors (Lipinski definition) is 4. The van der Waals surface area contributed by atoms with Crippen LogP contribution in [0.15, 0.2) is 35.0 Å². The van der Waals surface area contributed by atoms with E-state index >= 15 is 0 Å². The molecule has 2 aromatic rings. The van der Waals surface area contributed by atoms with Gasteiger partial charge in [0.25, 0.3) is 0 Å². The summed E-state index contributed by atoms with van der Waals surface area (Å²) in [5, 5.41) is 8.04. The molecule has 0 aliphatic carbocycles. The van der Waals surface area contributed by atoms with Crippen molar-refractivity contribution < 1.29 is 0 Å². The van der Waals surface area contributed by atoms with Crippen LogP contribution >= 0.6 is 34.4 Å². The zero-order chi connectivity index (χ0) is 13.3. The fraction of sp³-hybridized carbons (Fsp3) is 0.467. The van der Waals surface area contributed by atoms with E-state index in [0.717, 1.165) is 6.54 Å². The SMILES string of the molecule is CSCCCCCNC(c1cccs1)c1cccs1. The number of thiophene rings is 2. The Morgan fingerprint density at radius 1 is 1.05 bits per heavy atom. The van der Waals surface area contributed by atoms with Crippen LogP contribution < -0.4 is 5.32 Å². The quantitative estimate of drug-likeness (QED) is 0.652.